The van der Waals surface area contributed by atoms with E-state index in [-0.39, 0.29) is 5.82 Å². The van der Waals surface area contributed by atoms with Crippen LogP contribution in [-0.2, 0) is 13.6 Å². The van der Waals surface area contributed by atoms with E-state index in [2.05, 4.69) is 15.4 Å². The molecule has 0 radical (unpaired) electrons. The van der Waals surface area contributed by atoms with Crippen molar-refractivity contribution in [3.05, 3.63) is 35.0 Å². The van der Waals surface area contributed by atoms with Gasteiger partial charge in [-0.2, -0.15) is 5.10 Å². The average Bonchev–Trinajstić information content (AvgIpc) is 2.59. The lowest BCUT2D eigenvalue weighted by molar-refractivity contribution is 0.443. The number of nitrogens with one attached hydrogen (secondary N) is 1. The fourth-order valence-electron chi connectivity index (χ4n) is 1.88. The molecule has 0 amide bonds. The number of aromatic nitrogens is 3. The maximum absolute atomic E-state index is 13.2. The van der Waals surface area contributed by atoms with Crippen molar-refractivity contribution in [2.75, 3.05) is 7.05 Å². The predicted molar refractivity (Wildman–Crippen MR) is 69.7 cm³/mol. The average molecular weight is 264 g/mol. The first-order valence-corrected chi connectivity index (χ1v) is 6.00. The SMILES string of the molecule is CNCc1cc(F)cnc1Oc1c(C)nn(C)c1C. The first-order valence-electron chi connectivity index (χ1n) is 6.00. The van der Waals surface area contributed by atoms with Crippen LogP contribution in [0.25, 0.3) is 0 Å². The first kappa shape index (κ1) is 13.5. The monoisotopic (exact) mass is 264 g/mol. The highest BCUT2D eigenvalue weighted by atomic mass is 19.1. The predicted octanol–water partition coefficient (Wildman–Crippen LogP) is 2.08. The van der Waals surface area contributed by atoms with Gasteiger partial charge < -0.3 is 10.1 Å². The van der Waals surface area contributed by atoms with Crippen LogP contribution >= 0.6 is 0 Å². The van der Waals surface area contributed by atoms with Gasteiger partial charge in [-0.15, -0.1) is 0 Å². The van der Waals surface area contributed by atoms with Crippen LogP contribution in [0.5, 0.6) is 11.6 Å². The molecule has 5 nitrogen and oxygen atoms in total. The second-order valence-corrected chi connectivity index (χ2v) is 4.37. The van der Waals surface area contributed by atoms with E-state index >= 15 is 0 Å². The van der Waals surface area contributed by atoms with Gasteiger partial charge in [0.25, 0.3) is 0 Å². The molecule has 102 valence electrons. The van der Waals surface area contributed by atoms with Gasteiger partial charge >= 0.3 is 0 Å². The Morgan fingerprint density at radius 3 is 2.74 bits per heavy atom. The Hall–Kier alpha value is -1.95. The highest BCUT2D eigenvalue weighted by molar-refractivity contribution is 5.37. The molecule has 0 unspecified atom stereocenters. The molecular weight excluding hydrogens is 247 g/mol. The van der Waals surface area contributed by atoms with E-state index < -0.39 is 0 Å². The molecule has 19 heavy (non-hydrogen) atoms. The van der Waals surface area contributed by atoms with Crippen molar-refractivity contribution in [2.24, 2.45) is 7.05 Å². The number of hydrogen-bond acceptors (Lipinski definition) is 4. The highest BCUT2D eigenvalue weighted by Gasteiger charge is 2.15. The van der Waals surface area contributed by atoms with E-state index in [0.717, 1.165) is 17.6 Å². The first-order chi connectivity index (χ1) is 9.02. The Morgan fingerprint density at radius 1 is 1.42 bits per heavy atom. The molecule has 1 N–H and O–H groups in total. The van der Waals surface area contributed by atoms with E-state index in [1.807, 2.05) is 20.9 Å². The topological polar surface area (TPSA) is 52.0 Å². The third-order valence-electron chi connectivity index (χ3n) is 2.90. The summed E-state index contributed by atoms with van der Waals surface area (Å²) in [5.74, 6) is 0.686. The number of aryl methyl sites for hydroxylation is 2. The zero-order valence-corrected chi connectivity index (χ0v) is 11.5. The van der Waals surface area contributed by atoms with Crippen LogP contribution < -0.4 is 10.1 Å². The van der Waals surface area contributed by atoms with Gasteiger partial charge in [0.15, 0.2) is 5.75 Å². The number of ether oxygens (including phenoxy) is 1. The van der Waals surface area contributed by atoms with E-state index in [0.29, 0.717) is 23.7 Å². The third kappa shape index (κ3) is 2.73. The number of halogens is 1. The maximum Gasteiger partial charge on any atom is 0.224 e. The number of rotatable bonds is 4. The quantitative estimate of drug-likeness (QED) is 0.918. The Bertz CT molecular complexity index is 595. The van der Waals surface area contributed by atoms with Gasteiger partial charge in [-0.3, -0.25) is 4.68 Å². The van der Waals surface area contributed by atoms with E-state index in [4.69, 9.17) is 4.74 Å². The molecule has 0 atom stereocenters. The highest BCUT2D eigenvalue weighted by Crippen LogP contribution is 2.29. The molecule has 0 fully saturated rings. The third-order valence-corrected chi connectivity index (χ3v) is 2.90. The summed E-state index contributed by atoms with van der Waals surface area (Å²) in [6.45, 7) is 4.26. The smallest absolute Gasteiger partial charge is 0.224 e. The molecule has 6 heteroatoms. The van der Waals surface area contributed by atoms with Crippen LogP contribution in [0.15, 0.2) is 12.3 Å². The molecule has 2 heterocycles. The molecule has 0 spiro atoms. The Kier molecular flexibility index (Phi) is 3.80. The van der Waals surface area contributed by atoms with Gasteiger partial charge in [-0.1, -0.05) is 0 Å². The Balaban J connectivity index is 2.37. The fourth-order valence-corrected chi connectivity index (χ4v) is 1.88. The van der Waals surface area contributed by atoms with Crippen LogP contribution in [0.1, 0.15) is 17.0 Å². The maximum atomic E-state index is 13.2. The van der Waals surface area contributed by atoms with Gasteiger partial charge in [0.1, 0.15) is 11.5 Å². The summed E-state index contributed by atoms with van der Waals surface area (Å²) in [7, 11) is 3.64. The molecule has 0 aliphatic rings. The molecular formula is C13H17FN4O. The number of pyridine rings is 1. The summed E-state index contributed by atoms with van der Waals surface area (Å²) in [6, 6.07) is 1.42. The minimum Gasteiger partial charge on any atom is -0.435 e. The number of hydrogen-bond donors (Lipinski definition) is 1. The van der Waals surface area contributed by atoms with Gasteiger partial charge in [0.05, 0.1) is 11.9 Å². The minimum absolute atomic E-state index is 0.378. The zero-order chi connectivity index (χ0) is 14.0. The molecule has 0 aromatic carbocycles. The fraction of sp³-hybridized carbons (Fsp3) is 0.385. The molecule has 2 rings (SSSR count). The lowest BCUT2D eigenvalue weighted by Gasteiger charge is -2.10. The van der Waals surface area contributed by atoms with E-state index in [1.165, 1.54) is 6.07 Å². The van der Waals surface area contributed by atoms with Crippen LogP contribution in [0.4, 0.5) is 4.39 Å². The van der Waals surface area contributed by atoms with E-state index in [9.17, 15) is 4.39 Å². The van der Waals surface area contributed by atoms with Gasteiger partial charge in [0, 0.05) is 19.2 Å². The molecule has 2 aromatic heterocycles. The molecule has 0 bridgehead atoms. The molecule has 2 aromatic rings. The van der Waals surface area contributed by atoms with Crippen molar-refractivity contribution in [3.63, 3.8) is 0 Å². The van der Waals surface area contributed by atoms with Crippen LogP contribution in [0.3, 0.4) is 0 Å². The van der Waals surface area contributed by atoms with Crippen molar-refractivity contribution in [3.8, 4) is 11.6 Å². The second-order valence-electron chi connectivity index (χ2n) is 4.37. The van der Waals surface area contributed by atoms with Crippen molar-refractivity contribution >= 4 is 0 Å². The lowest BCUT2D eigenvalue weighted by atomic mass is 10.2. The Labute approximate surface area is 111 Å². The van der Waals surface area contributed by atoms with Gasteiger partial charge in [0.2, 0.25) is 5.88 Å². The van der Waals surface area contributed by atoms with Crippen LogP contribution in [0.2, 0.25) is 0 Å². The van der Waals surface area contributed by atoms with Gasteiger partial charge in [-0.25, -0.2) is 9.37 Å². The molecule has 0 saturated carbocycles. The van der Waals surface area contributed by atoms with E-state index in [1.54, 1.807) is 11.7 Å². The summed E-state index contributed by atoms with van der Waals surface area (Å²) in [5, 5.41) is 7.24. The van der Waals surface area contributed by atoms with Crippen molar-refractivity contribution in [2.45, 2.75) is 20.4 Å². The molecule has 0 aliphatic heterocycles. The van der Waals surface area contributed by atoms with Gasteiger partial charge in [-0.05, 0) is 27.0 Å². The summed E-state index contributed by atoms with van der Waals surface area (Å²) in [5.41, 5.74) is 2.35. The largest absolute Gasteiger partial charge is 0.435 e. The Morgan fingerprint density at radius 2 is 2.16 bits per heavy atom. The molecule has 0 saturated heterocycles. The summed E-state index contributed by atoms with van der Waals surface area (Å²) in [6.07, 6.45) is 1.15. The number of nitrogens with zero attached hydrogens (tertiary/aromatic N) is 3. The lowest BCUT2D eigenvalue weighted by Crippen LogP contribution is -2.08. The van der Waals surface area contributed by atoms with Crippen molar-refractivity contribution in [1.29, 1.82) is 0 Å². The minimum atomic E-state index is -0.378. The molecule has 0 aliphatic carbocycles. The summed E-state index contributed by atoms with van der Waals surface area (Å²) in [4.78, 5) is 4.01. The normalized spacial score (nSPS) is 10.8. The summed E-state index contributed by atoms with van der Waals surface area (Å²) < 4.78 is 20.8. The van der Waals surface area contributed by atoms with Crippen LogP contribution in [-0.4, -0.2) is 21.8 Å². The zero-order valence-electron chi connectivity index (χ0n) is 11.5. The second kappa shape index (κ2) is 5.36. The standard InChI is InChI=1S/C13H17FN4O/c1-8-12(9(2)18(4)17-8)19-13-10(6-15-3)5-11(14)7-16-13/h5,7,15H,6H2,1-4H3. The van der Waals surface area contributed by atoms with Crippen molar-refractivity contribution in [1.82, 2.24) is 20.1 Å². The summed E-state index contributed by atoms with van der Waals surface area (Å²) >= 11 is 0. The van der Waals surface area contributed by atoms with Crippen LogP contribution in [0, 0.1) is 19.7 Å². The van der Waals surface area contributed by atoms with Crippen molar-refractivity contribution < 1.29 is 9.13 Å².